The zero-order chi connectivity index (χ0) is 11.6. The van der Waals surface area contributed by atoms with E-state index in [1.165, 1.54) is 7.11 Å². The molecule has 0 atom stereocenters. The van der Waals surface area contributed by atoms with E-state index >= 15 is 0 Å². The van der Waals surface area contributed by atoms with E-state index in [1.807, 2.05) is 0 Å². The molecule has 0 aliphatic carbocycles. The Morgan fingerprint density at radius 3 is 2.33 bits per heavy atom. The van der Waals surface area contributed by atoms with Gasteiger partial charge in [-0.05, 0) is 6.07 Å². The van der Waals surface area contributed by atoms with Crippen molar-refractivity contribution in [2.45, 2.75) is 5.75 Å². The summed E-state index contributed by atoms with van der Waals surface area (Å²) < 4.78 is 51.8. The number of rotatable bonds is 3. The van der Waals surface area contributed by atoms with Gasteiger partial charge < -0.3 is 4.74 Å². The lowest BCUT2D eigenvalue weighted by Crippen LogP contribution is -2.15. The monoisotopic (exact) mass is 237 g/mol. The molecule has 0 bridgehead atoms. The van der Waals surface area contributed by atoms with Gasteiger partial charge in [-0.15, -0.1) is 0 Å². The molecule has 15 heavy (non-hydrogen) atoms. The van der Waals surface area contributed by atoms with Gasteiger partial charge in [0.2, 0.25) is 10.0 Å². The van der Waals surface area contributed by atoms with Crippen LogP contribution in [0.15, 0.2) is 12.1 Å². The highest BCUT2D eigenvalue weighted by Gasteiger charge is 2.14. The maximum Gasteiger partial charge on any atom is 0.213 e. The van der Waals surface area contributed by atoms with Crippen LogP contribution < -0.4 is 9.88 Å². The van der Waals surface area contributed by atoms with Crippen molar-refractivity contribution in [2.24, 2.45) is 5.14 Å². The van der Waals surface area contributed by atoms with Crippen LogP contribution >= 0.6 is 0 Å². The third-order valence-corrected chi connectivity index (χ3v) is 2.39. The van der Waals surface area contributed by atoms with Gasteiger partial charge in [-0.25, -0.2) is 22.3 Å². The fourth-order valence-electron chi connectivity index (χ4n) is 1.09. The Morgan fingerprint density at radius 2 is 1.87 bits per heavy atom. The molecule has 0 heterocycles. The molecule has 0 aliphatic rings. The topological polar surface area (TPSA) is 69.4 Å². The maximum absolute atomic E-state index is 12.8. The summed E-state index contributed by atoms with van der Waals surface area (Å²) >= 11 is 0. The molecule has 0 saturated heterocycles. The van der Waals surface area contributed by atoms with E-state index in [1.54, 1.807) is 0 Å². The van der Waals surface area contributed by atoms with E-state index in [4.69, 9.17) is 9.88 Å². The van der Waals surface area contributed by atoms with E-state index in [0.717, 1.165) is 12.1 Å². The van der Waals surface area contributed by atoms with Crippen LogP contribution in [0.5, 0.6) is 5.75 Å². The van der Waals surface area contributed by atoms with Crippen molar-refractivity contribution in [3.8, 4) is 5.75 Å². The van der Waals surface area contributed by atoms with Crippen molar-refractivity contribution in [3.05, 3.63) is 29.3 Å². The zero-order valence-corrected chi connectivity index (χ0v) is 8.64. The number of nitrogens with two attached hydrogens (primary N) is 1. The second-order valence-electron chi connectivity index (χ2n) is 2.89. The summed E-state index contributed by atoms with van der Waals surface area (Å²) in [4.78, 5) is 0. The van der Waals surface area contributed by atoms with Crippen molar-refractivity contribution in [1.82, 2.24) is 0 Å². The van der Waals surface area contributed by atoms with Crippen LogP contribution in [0, 0.1) is 11.6 Å². The third-order valence-electron chi connectivity index (χ3n) is 1.68. The molecular formula is C8H9F2NO3S. The van der Waals surface area contributed by atoms with Crippen LogP contribution in [0.4, 0.5) is 8.78 Å². The van der Waals surface area contributed by atoms with Gasteiger partial charge in [-0.1, -0.05) is 0 Å². The van der Waals surface area contributed by atoms with Crippen molar-refractivity contribution >= 4 is 10.0 Å². The summed E-state index contributed by atoms with van der Waals surface area (Å²) in [6, 6.07) is 1.52. The summed E-state index contributed by atoms with van der Waals surface area (Å²) in [5.74, 6) is -2.91. The second kappa shape index (κ2) is 4.11. The number of hydrogen-bond donors (Lipinski definition) is 1. The Balaban J connectivity index is 3.22. The Morgan fingerprint density at radius 1 is 1.33 bits per heavy atom. The van der Waals surface area contributed by atoms with Gasteiger partial charge in [-0.2, -0.15) is 0 Å². The molecule has 2 N–H and O–H groups in total. The zero-order valence-electron chi connectivity index (χ0n) is 7.83. The molecule has 0 radical (unpaired) electrons. The minimum Gasteiger partial charge on any atom is -0.496 e. The van der Waals surface area contributed by atoms with Gasteiger partial charge in [0.1, 0.15) is 5.75 Å². The van der Waals surface area contributed by atoms with Gasteiger partial charge in [0, 0.05) is 11.6 Å². The van der Waals surface area contributed by atoms with Gasteiger partial charge in [0.05, 0.1) is 12.9 Å². The van der Waals surface area contributed by atoms with Gasteiger partial charge in [0.25, 0.3) is 0 Å². The molecule has 0 aromatic heterocycles. The van der Waals surface area contributed by atoms with Crippen molar-refractivity contribution in [2.75, 3.05) is 7.11 Å². The summed E-state index contributed by atoms with van der Waals surface area (Å²) in [6.45, 7) is 0. The molecule has 1 rings (SSSR count). The average molecular weight is 237 g/mol. The lowest BCUT2D eigenvalue weighted by atomic mass is 10.2. The Kier molecular flexibility index (Phi) is 3.25. The first-order valence-electron chi connectivity index (χ1n) is 3.86. The van der Waals surface area contributed by atoms with Crippen LogP contribution in [-0.4, -0.2) is 15.5 Å². The third kappa shape index (κ3) is 3.14. The largest absolute Gasteiger partial charge is 0.496 e. The number of benzene rings is 1. The molecule has 84 valence electrons. The molecule has 0 aliphatic heterocycles. The number of primary sulfonamides is 1. The van der Waals surface area contributed by atoms with Gasteiger partial charge >= 0.3 is 0 Å². The first-order chi connectivity index (χ1) is 6.83. The molecule has 4 nitrogen and oxygen atoms in total. The Bertz CT molecular complexity index is 473. The van der Waals surface area contributed by atoms with Crippen LogP contribution in [0.1, 0.15) is 5.56 Å². The molecule has 0 saturated carbocycles. The molecule has 0 spiro atoms. The predicted octanol–water partition coefficient (Wildman–Crippen LogP) is 0.762. The number of methoxy groups -OCH3 is 1. The minimum atomic E-state index is -3.81. The fraction of sp³-hybridized carbons (Fsp3) is 0.250. The van der Waals surface area contributed by atoms with Crippen molar-refractivity contribution in [3.63, 3.8) is 0 Å². The SMILES string of the molecule is COc1cc(F)c(F)cc1CS(N)(=O)=O. The summed E-state index contributed by atoms with van der Waals surface area (Å²) in [5, 5.41) is 4.78. The average Bonchev–Trinajstić information content (AvgIpc) is 2.08. The summed E-state index contributed by atoms with van der Waals surface area (Å²) in [5.41, 5.74) is -0.0149. The van der Waals surface area contributed by atoms with E-state index in [2.05, 4.69) is 0 Å². The molecular weight excluding hydrogens is 228 g/mol. The molecule has 1 aromatic carbocycles. The molecule has 7 heteroatoms. The fourth-order valence-corrected chi connectivity index (χ4v) is 1.75. The lowest BCUT2D eigenvalue weighted by Gasteiger charge is -2.07. The van der Waals surface area contributed by atoms with E-state index in [-0.39, 0.29) is 11.3 Å². The second-order valence-corrected chi connectivity index (χ2v) is 4.50. The minimum absolute atomic E-state index is 0.0149. The smallest absolute Gasteiger partial charge is 0.213 e. The Hall–Kier alpha value is -1.21. The Labute approximate surface area is 85.7 Å². The highest BCUT2D eigenvalue weighted by molar-refractivity contribution is 7.88. The number of hydrogen-bond acceptors (Lipinski definition) is 3. The lowest BCUT2D eigenvalue weighted by molar-refractivity contribution is 0.402. The first kappa shape index (κ1) is 11.9. The maximum atomic E-state index is 12.8. The standard InChI is InChI=1S/C8H9F2NO3S/c1-14-8-3-7(10)6(9)2-5(8)4-15(11,12)13/h2-3H,4H2,1H3,(H2,11,12,13). The number of ether oxygens (including phenoxy) is 1. The van der Waals surface area contributed by atoms with Crippen LogP contribution in [0.25, 0.3) is 0 Å². The molecule has 0 amide bonds. The first-order valence-corrected chi connectivity index (χ1v) is 5.57. The highest BCUT2D eigenvalue weighted by Crippen LogP contribution is 2.23. The van der Waals surface area contributed by atoms with Gasteiger partial charge in [0.15, 0.2) is 11.6 Å². The normalized spacial score (nSPS) is 11.5. The molecule has 0 unspecified atom stereocenters. The van der Waals surface area contributed by atoms with Crippen LogP contribution in [0.3, 0.4) is 0 Å². The number of sulfonamides is 1. The highest BCUT2D eigenvalue weighted by atomic mass is 32.2. The van der Waals surface area contributed by atoms with Crippen molar-refractivity contribution < 1.29 is 21.9 Å². The van der Waals surface area contributed by atoms with Crippen molar-refractivity contribution in [1.29, 1.82) is 0 Å². The quantitative estimate of drug-likeness (QED) is 0.843. The van der Waals surface area contributed by atoms with E-state index in [9.17, 15) is 17.2 Å². The summed E-state index contributed by atoms with van der Waals surface area (Å²) in [6.07, 6.45) is 0. The van der Waals surface area contributed by atoms with E-state index in [0.29, 0.717) is 0 Å². The predicted molar refractivity (Wildman–Crippen MR) is 49.7 cm³/mol. The summed E-state index contributed by atoms with van der Waals surface area (Å²) in [7, 11) is -2.59. The van der Waals surface area contributed by atoms with Gasteiger partial charge in [-0.3, -0.25) is 0 Å². The van der Waals surface area contributed by atoms with E-state index < -0.39 is 27.4 Å². The molecule has 1 aromatic rings. The molecule has 0 fully saturated rings. The number of halogens is 2. The van der Waals surface area contributed by atoms with Crippen LogP contribution in [0.2, 0.25) is 0 Å². The van der Waals surface area contributed by atoms with Crippen LogP contribution in [-0.2, 0) is 15.8 Å².